The summed E-state index contributed by atoms with van der Waals surface area (Å²) >= 11 is 1.68. The van der Waals surface area contributed by atoms with Crippen molar-refractivity contribution in [3.05, 3.63) is 92.6 Å². The summed E-state index contributed by atoms with van der Waals surface area (Å²) in [7, 11) is 1.61. The fourth-order valence-electron chi connectivity index (χ4n) is 3.71. The molecular formula is C23H22N6O3S. The molecule has 5 aromatic rings. The monoisotopic (exact) mass is 462 g/mol. The summed E-state index contributed by atoms with van der Waals surface area (Å²) in [6.07, 6.45) is 1.63. The summed E-state index contributed by atoms with van der Waals surface area (Å²) in [5.74, 6) is 2.17. The van der Waals surface area contributed by atoms with Crippen LogP contribution in [0, 0.1) is 0 Å². The Balaban J connectivity index is 1.42. The normalized spacial score (nSPS) is 11.5. The number of methoxy groups -OCH3 is 1. The van der Waals surface area contributed by atoms with Crippen LogP contribution in [0.4, 0.5) is 0 Å². The first-order valence-corrected chi connectivity index (χ1v) is 11.3. The Hall–Kier alpha value is -3.76. The summed E-state index contributed by atoms with van der Waals surface area (Å²) in [5, 5.41) is 15.2. The Morgan fingerprint density at radius 2 is 2.09 bits per heavy atom. The van der Waals surface area contributed by atoms with E-state index in [4.69, 9.17) is 9.15 Å². The number of pyridine rings is 1. The molecule has 33 heavy (non-hydrogen) atoms. The van der Waals surface area contributed by atoms with Gasteiger partial charge in [0.15, 0.2) is 5.82 Å². The van der Waals surface area contributed by atoms with Crippen molar-refractivity contribution in [1.82, 2.24) is 30.1 Å². The highest BCUT2D eigenvalue weighted by Gasteiger charge is 2.17. The number of rotatable bonds is 9. The molecule has 5 rings (SSSR count). The number of ether oxygens (including phenoxy) is 1. The number of aromatic nitrogens is 5. The van der Waals surface area contributed by atoms with Crippen molar-refractivity contribution in [2.45, 2.75) is 26.2 Å². The molecule has 0 bridgehead atoms. The molecule has 0 saturated heterocycles. The largest absolute Gasteiger partial charge is 0.497 e. The molecule has 0 saturated carbocycles. The minimum atomic E-state index is -0.123. The lowest BCUT2D eigenvalue weighted by molar-refractivity contribution is 0.237. The summed E-state index contributed by atoms with van der Waals surface area (Å²) in [4.78, 5) is 19.2. The number of nitrogens with zero attached hydrogens (tertiary/aromatic N) is 5. The van der Waals surface area contributed by atoms with Crippen LogP contribution in [0.15, 0.2) is 69.4 Å². The van der Waals surface area contributed by atoms with Crippen LogP contribution in [-0.2, 0) is 26.2 Å². The van der Waals surface area contributed by atoms with Crippen LogP contribution in [0.2, 0.25) is 0 Å². The molecular weight excluding hydrogens is 440 g/mol. The fraction of sp³-hybridized carbons (Fsp3) is 0.217. The molecule has 10 heteroatoms. The molecule has 0 amide bonds. The van der Waals surface area contributed by atoms with Crippen LogP contribution >= 0.6 is 11.3 Å². The number of H-pyrrole nitrogens is 1. The van der Waals surface area contributed by atoms with Crippen molar-refractivity contribution in [1.29, 1.82) is 0 Å². The van der Waals surface area contributed by atoms with Gasteiger partial charge < -0.3 is 14.1 Å². The van der Waals surface area contributed by atoms with E-state index in [2.05, 4.69) is 31.5 Å². The van der Waals surface area contributed by atoms with Crippen LogP contribution in [0.5, 0.6) is 5.75 Å². The minimum Gasteiger partial charge on any atom is -0.497 e. The Bertz CT molecular complexity index is 1390. The second kappa shape index (κ2) is 9.39. The first-order chi connectivity index (χ1) is 16.2. The lowest BCUT2D eigenvalue weighted by Crippen LogP contribution is -2.27. The summed E-state index contributed by atoms with van der Waals surface area (Å²) in [6.45, 7) is 2.04. The lowest BCUT2D eigenvalue weighted by atomic mass is 10.1. The zero-order chi connectivity index (χ0) is 22.6. The van der Waals surface area contributed by atoms with Crippen LogP contribution < -0.4 is 10.3 Å². The highest BCUT2D eigenvalue weighted by Crippen LogP contribution is 2.20. The van der Waals surface area contributed by atoms with Crippen LogP contribution in [0.25, 0.3) is 10.9 Å². The lowest BCUT2D eigenvalue weighted by Gasteiger charge is -2.21. The second-order valence-electron chi connectivity index (χ2n) is 7.63. The number of nitrogens with one attached hydrogen (secondary N) is 1. The van der Waals surface area contributed by atoms with E-state index in [1.54, 1.807) is 29.4 Å². The Morgan fingerprint density at radius 1 is 1.15 bits per heavy atom. The van der Waals surface area contributed by atoms with E-state index in [1.165, 1.54) is 4.88 Å². The summed E-state index contributed by atoms with van der Waals surface area (Å²) in [5.41, 5.74) is 1.30. The number of fused-ring (bicyclic) bond motifs is 1. The molecule has 0 atom stereocenters. The van der Waals surface area contributed by atoms with E-state index >= 15 is 0 Å². The number of furan rings is 1. The van der Waals surface area contributed by atoms with E-state index in [0.29, 0.717) is 43.3 Å². The number of tetrazole rings is 1. The smallest absolute Gasteiger partial charge is 0.252 e. The molecule has 1 aromatic carbocycles. The van der Waals surface area contributed by atoms with Gasteiger partial charge in [-0.2, -0.15) is 0 Å². The van der Waals surface area contributed by atoms with Gasteiger partial charge in [0.25, 0.3) is 5.56 Å². The maximum absolute atomic E-state index is 12.9. The quantitative estimate of drug-likeness (QED) is 0.358. The molecule has 0 aliphatic heterocycles. The third-order valence-electron chi connectivity index (χ3n) is 5.34. The highest BCUT2D eigenvalue weighted by atomic mass is 32.1. The first-order valence-electron chi connectivity index (χ1n) is 10.4. The van der Waals surface area contributed by atoms with Crippen molar-refractivity contribution < 1.29 is 9.15 Å². The molecule has 9 nitrogen and oxygen atoms in total. The van der Waals surface area contributed by atoms with E-state index in [1.807, 2.05) is 47.8 Å². The number of hydrogen-bond acceptors (Lipinski definition) is 8. The van der Waals surface area contributed by atoms with Gasteiger partial charge in [-0.15, -0.1) is 16.4 Å². The third kappa shape index (κ3) is 4.86. The first kappa shape index (κ1) is 21.1. The van der Waals surface area contributed by atoms with Gasteiger partial charge in [-0.1, -0.05) is 6.07 Å². The van der Waals surface area contributed by atoms with Gasteiger partial charge in [0.1, 0.15) is 18.1 Å². The molecule has 0 fully saturated rings. The third-order valence-corrected chi connectivity index (χ3v) is 6.20. The van der Waals surface area contributed by atoms with Gasteiger partial charge in [-0.25, -0.2) is 4.68 Å². The Labute approximate surface area is 193 Å². The van der Waals surface area contributed by atoms with Gasteiger partial charge in [-0.3, -0.25) is 9.69 Å². The zero-order valence-electron chi connectivity index (χ0n) is 18.0. The predicted molar refractivity (Wildman–Crippen MR) is 124 cm³/mol. The fourth-order valence-corrected chi connectivity index (χ4v) is 4.46. The Kier molecular flexibility index (Phi) is 6.01. The predicted octanol–water partition coefficient (Wildman–Crippen LogP) is 3.43. The van der Waals surface area contributed by atoms with Crippen LogP contribution in [0.1, 0.15) is 22.0 Å². The van der Waals surface area contributed by atoms with E-state index < -0.39 is 0 Å². The summed E-state index contributed by atoms with van der Waals surface area (Å²) < 4.78 is 12.4. The van der Waals surface area contributed by atoms with Crippen molar-refractivity contribution in [3.8, 4) is 5.75 Å². The van der Waals surface area contributed by atoms with Gasteiger partial charge in [0, 0.05) is 29.6 Å². The SMILES string of the molecule is COc1ccc2cc(CN(Cc3cccs3)Cc3nnnn3Cc3ccco3)c(=O)[nH]c2c1. The maximum Gasteiger partial charge on any atom is 0.252 e. The maximum atomic E-state index is 12.9. The van der Waals surface area contributed by atoms with Gasteiger partial charge in [0.05, 0.1) is 25.4 Å². The molecule has 0 unspecified atom stereocenters. The van der Waals surface area contributed by atoms with Crippen molar-refractivity contribution in [3.63, 3.8) is 0 Å². The number of aromatic amines is 1. The summed E-state index contributed by atoms with van der Waals surface area (Å²) in [6, 6.07) is 15.4. The van der Waals surface area contributed by atoms with E-state index in [0.717, 1.165) is 16.7 Å². The van der Waals surface area contributed by atoms with E-state index in [9.17, 15) is 4.79 Å². The standard InChI is InChI=1S/C23H22N6O3S/c1-31-18-7-6-16-10-17(23(30)24-21(16)11-18)12-28(14-20-5-3-9-33-20)15-22-25-26-27-29(22)13-19-4-2-8-32-19/h2-11H,12-15H2,1H3,(H,24,30). The second-order valence-corrected chi connectivity index (χ2v) is 8.67. The molecule has 1 N–H and O–H groups in total. The topological polar surface area (TPSA) is 102 Å². The minimum absolute atomic E-state index is 0.123. The highest BCUT2D eigenvalue weighted by molar-refractivity contribution is 7.09. The molecule has 4 aromatic heterocycles. The van der Waals surface area contributed by atoms with Crippen molar-refractivity contribution >= 4 is 22.2 Å². The number of thiophene rings is 1. The van der Waals surface area contributed by atoms with Gasteiger partial charge in [0.2, 0.25) is 0 Å². The molecule has 168 valence electrons. The molecule has 0 spiro atoms. The Morgan fingerprint density at radius 3 is 2.88 bits per heavy atom. The zero-order valence-corrected chi connectivity index (χ0v) is 18.8. The average Bonchev–Trinajstić information content (AvgIpc) is 3.59. The molecule has 0 aliphatic carbocycles. The van der Waals surface area contributed by atoms with Crippen molar-refractivity contribution in [2.24, 2.45) is 0 Å². The average molecular weight is 463 g/mol. The van der Waals surface area contributed by atoms with Crippen LogP contribution in [0.3, 0.4) is 0 Å². The van der Waals surface area contributed by atoms with Crippen LogP contribution in [-0.4, -0.2) is 37.2 Å². The molecule has 0 radical (unpaired) electrons. The van der Waals surface area contributed by atoms with E-state index in [-0.39, 0.29) is 5.56 Å². The number of benzene rings is 1. The van der Waals surface area contributed by atoms with Crippen molar-refractivity contribution in [2.75, 3.05) is 7.11 Å². The van der Waals surface area contributed by atoms with Gasteiger partial charge >= 0.3 is 0 Å². The van der Waals surface area contributed by atoms with Gasteiger partial charge in [-0.05, 0) is 57.6 Å². The number of hydrogen-bond donors (Lipinski definition) is 1. The molecule has 4 heterocycles. The molecule has 0 aliphatic rings.